The molecule has 24 heavy (non-hydrogen) atoms. The lowest BCUT2D eigenvalue weighted by Crippen LogP contribution is -2.25. The lowest BCUT2D eigenvalue weighted by atomic mass is 10.1. The first-order valence-electron chi connectivity index (χ1n) is 7.79. The molecule has 2 aromatic carbocycles. The fourth-order valence-electron chi connectivity index (χ4n) is 2.54. The number of hydrazone groups is 1. The van der Waals surface area contributed by atoms with Crippen LogP contribution in [0.25, 0.3) is 0 Å². The Morgan fingerprint density at radius 3 is 2.71 bits per heavy atom. The van der Waals surface area contributed by atoms with Gasteiger partial charge < -0.3 is 9.47 Å². The summed E-state index contributed by atoms with van der Waals surface area (Å²) in [6.07, 6.45) is 0. The maximum absolute atomic E-state index is 5.64. The molecule has 0 bridgehead atoms. The second-order valence-corrected chi connectivity index (χ2v) is 6.48. The Morgan fingerprint density at radius 1 is 1.08 bits per heavy atom. The van der Waals surface area contributed by atoms with Gasteiger partial charge in [0.1, 0.15) is 13.2 Å². The number of amidine groups is 1. The van der Waals surface area contributed by atoms with Crippen molar-refractivity contribution in [3.8, 4) is 11.5 Å². The first kappa shape index (κ1) is 15.1. The number of hydrogen-bond donors (Lipinski definition) is 1. The molecule has 0 atom stereocenters. The van der Waals surface area contributed by atoms with Crippen LogP contribution in [0.3, 0.4) is 0 Å². The molecule has 0 spiro atoms. The van der Waals surface area contributed by atoms with Crippen LogP contribution in [0.5, 0.6) is 11.5 Å². The summed E-state index contributed by atoms with van der Waals surface area (Å²) in [7, 11) is 0. The van der Waals surface area contributed by atoms with Crippen LogP contribution in [0.4, 0.5) is 5.69 Å². The number of nitrogens with one attached hydrogen (secondary N) is 1. The number of aliphatic imine (C=N–C) groups is 1. The highest BCUT2D eigenvalue weighted by atomic mass is 32.2. The lowest BCUT2D eigenvalue weighted by Gasteiger charge is -2.20. The minimum atomic E-state index is 0.586. The van der Waals surface area contributed by atoms with Crippen LogP contribution in [0.1, 0.15) is 11.1 Å². The third kappa shape index (κ3) is 3.10. The Morgan fingerprint density at radius 2 is 1.92 bits per heavy atom. The zero-order valence-corrected chi connectivity index (χ0v) is 14.1. The maximum atomic E-state index is 5.64. The van der Waals surface area contributed by atoms with Gasteiger partial charge in [-0.15, -0.1) is 0 Å². The van der Waals surface area contributed by atoms with Gasteiger partial charge in [0.15, 0.2) is 16.7 Å². The summed E-state index contributed by atoms with van der Waals surface area (Å²) in [5, 5.41) is 5.29. The number of rotatable bonds is 2. The minimum Gasteiger partial charge on any atom is -0.486 e. The SMILES string of the molecule is Cc1ccccc1N=C1NN=C(c2ccc3c(c2)OCCO3)CS1. The van der Waals surface area contributed by atoms with Crippen molar-refractivity contribution in [3.05, 3.63) is 53.6 Å². The Balaban J connectivity index is 1.53. The van der Waals surface area contributed by atoms with E-state index in [0.29, 0.717) is 13.2 Å². The van der Waals surface area contributed by atoms with Crippen molar-refractivity contribution in [1.29, 1.82) is 0 Å². The van der Waals surface area contributed by atoms with E-state index in [1.165, 1.54) is 0 Å². The van der Waals surface area contributed by atoms with E-state index in [9.17, 15) is 0 Å². The normalized spacial score (nSPS) is 18.0. The average Bonchev–Trinajstić information content (AvgIpc) is 2.64. The number of para-hydroxylation sites is 1. The van der Waals surface area contributed by atoms with Crippen LogP contribution in [0, 0.1) is 6.92 Å². The highest BCUT2D eigenvalue weighted by Gasteiger charge is 2.17. The van der Waals surface area contributed by atoms with E-state index in [4.69, 9.17) is 9.47 Å². The number of nitrogens with zero attached hydrogens (tertiary/aromatic N) is 2. The molecule has 122 valence electrons. The first-order chi connectivity index (χ1) is 11.8. The molecule has 2 aliphatic heterocycles. The van der Waals surface area contributed by atoms with Gasteiger partial charge in [-0.05, 0) is 36.8 Å². The number of fused-ring (bicyclic) bond motifs is 1. The standard InChI is InChI=1S/C18H17N3O2S/c1-12-4-2-3-5-14(12)19-18-21-20-15(11-24-18)13-6-7-16-17(10-13)23-9-8-22-16/h2-7,10H,8-9,11H2,1H3,(H,19,21). The molecule has 4 rings (SSSR count). The van der Waals surface area contributed by atoms with Crippen LogP contribution < -0.4 is 14.9 Å². The van der Waals surface area contributed by atoms with E-state index in [1.807, 2.05) is 36.4 Å². The highest BCUT2D eigenvalue weighted by molar-refractivity contribution is 8.14. The van der Waals surface area contributed by atoms with Crippen molar-refractivity contribution in [2.45, 2.75) is 6.92 Å². The molecule has 1 N–H and O–H groups in total. The van der Waals surface area contributed by atoms with E-state index in [0.717, 1.165) is 44.9 Å². The monoisotopic (exact) mass is 339 g/mol. The highest BCUT2D eigenvalue weighted by Crippen LogP contribution is 2.31. The Kier molecular flexibility index (Phi) is 4.13. The summed E-state index contributed by atoms with van der Waals surface area (Å²) in [6, 6.07) is 14.0. The van der Waals surface area contributed by atoms with Gasteiger partial charge in [0.05, 0.1) is 11.4 Å². The zero-order valence-electron chi connectivity index (χ0n) is 13.3. The third-order valence-electron chi connectivity index (χ3n) is 3.84. The molecule has 0 fully saturated rings. The van der Waals surface area contributed by atoms with E-state index in [2.05, 4.69) is 28.5 Å². The Hall–Kier alpha value is -2.47. The van der Waals surface area contributed by atoms with E-state index in [1.54, 1.807) is 11.8 Å². The summed E-state index contributed by atoms with van der Waals surface area (Å²) in [4.78, 5) is 4.63. The van der Waals surface area contributed by atoms with Gasteiger partial charge in [-0.2, -0.15) is 5.10 Å². The molecule has 0 amide bonds. The van der Waals surface area contributed by atoms with Gasteiger partial charge in [-0.25, -0.2) is 4.99 Å². The maximum Gasteiger partial charge on any atom is 0.182 e. The fourth-order valence-corrected chi connectivity index (χ4v) is 3.32. The van der Waals surface area contributed by atoms with Crippen molar-refractivity contribution < 1.29 is 9.47 Å². The van der Waals surface area contributed by atoms with E-state index in [-0.39, 0.29) is 0 Å². The van der Waals surface area contributed by atoms with Gasteiger partial charge in [0, 0.05) is 11.3 Å². The summed E-state index contributed by atoms with van der Waals surface area (Å²) in [5.41, 5.74) is 7.17. The number of aryl methyl sites for hydroxylation is 1. The smallest absolute Gasteiger partial charge is 0.182 e. The molecular formula is C18H17N3O2S. The van der Waals surface area contributed by atoms with Gasteiger partial charge in [-0.3, -0.25) is 5.43 Å². The van der Waals surface area contributed by atoms with Gasteiger partial charge in [0.2, 0.25) is 0 Å². The zero-order chi connectivity index (χ0) is 16.4. The summed E-state index contributed by atoms with van der Waals surface area (Å²) in [5.74, 6) is 2.34. The van der Waals surface area contributed by atoms with E-state index >= 15 is 0 Å². The predicted molar refractivity (Wildman–Crippen MR) is 97.8 cm³/mol. The van der Waals surface area contributed by atoms with Crippen LogP contribution in [-0.2, 0) is 0 Å². The summed E-state index contributed by atoms with van der Waals surface area (Å²) in [6.45, 7) is 3.24. The quantitative estimate of drug-likeness (QED) is 0.910. The molecule has 0 saturated heterocycles. The molecule has 0 radical (unpaired) electrons. The second-order valence-electron chi connectivity index (χ2n) is 5.52. The van der Waals surface area contributed by atoms with Crippen molar-refractivity contribution in [2.24, 2.45) is 10.1 Å². The second kappa shape index (κ2) is 6.57. The van der Waals surface area contributed by atoms with Gasteiger partial charge in [-0.1, -0.05) is 30.0 Å². The van der Waals surface area contributed by atoms with Gasteiger partial charge in [0.25, 0.3) is 0 Å². The first-order valence-corrected chi connectivity index (χ1v) is 8.78. The number of thioether (sulfide) groups is 1. The minimum absolute atomic E-state index is 0.586. The molecule has 0 saturated carbocycles. The van der Waals surface area contributed by atoms with Crippen LogP contribution >= 0.6 is 11.8 Å². The largest absolute Gasteiger partial charge is 0.486 e. The fraction of sp³-hybridized carbons (Fsp3) is 0.222. The number of benzene rings is 2. The molecule has 2 aliphatic rings. The summed E-state index contributed by atoms with van der Waals surface area (Å²) < 4.78 is 11.2. The van der Waals surface area contributed by atoms with Crippen LogP contribution in [0.2, 0.25) is 0 Å². The van der Waals surface area contributed by atoms with E-state index < -0.39 is 0 Å². The number of hydrogen-bond acceptors (Lipinski definition) is 5. The summed E-state index contributed by atoms with van der Waals surface area (Å²) >= 11 is 1.64. The molecule has 2 heterocycles. The molecular weight excluding hydrogens is 322 g/mol. The molecule has 0 unspecified atom stereocenters. The van der Waals surface area contributed by atoms with Crippen LogP contribution in [-0.4, -0.2) is 29.8 Å². The van der Waals surface area contributed by atoms with Crippen molar-refractivity contribution in [3.63, 3.8) is 0 Å². The Labute approximate surface area is 144 Å². The topological polar surface area (TPSA) is 55.2 Å². The Bertz CT molecular complexity index is 833. The van der Waals surface area contributed by atoms with Crippen LogP contribution in [0.15, 0.2) is 52.6 Å². The van der Waals surface area contributed by atoms with Crippen molar-refractivity contribution in [1.82, 2.24) is 5.43 Å². The molecule has 6 heteroatoms. The molecule has 0 aromatic heterocycles. The average molecular weight is 339 g/mol. The lowest BCUT2D eigenvalue weighted by molar-refractivity contribution is 0.171. The third-order valence-corrected chi connectivity index (χ3v) is 4.72. The molecule has 0 aliphatic carbocycles. The molecule has 5 nitrogen and oxygen atoms in total. The van der Waals surface area contributed by atoms with Gasteiger partial charge >= 0.3 is 0 Å². The number of ether oxygens (including phenoxy) is 2. The molecule has 2 aromatic rings. The van der Waals surface area contributed by atoms with Crippen molar-refractivity contribution in [2.75, 3.05) is 19.0 Å². The van der Waals surface area contributed by atoms with Crippen molar-refractivity contribution >= 4 is 28.3 Å². The predicted octanol–water partition coefficient (Wildman–Crippen LogP) is 3.49.